The van der Waals surface area contributed by atoms with E-state index in [9.17, 15) is 4.79 Å². The molecular formula is C12H21ClIrNO2-. The van der Waals surface area contributed by atoms with E-state index in [1.807, 2.05) is 0 Å². The average molecular weight is 439 g/mol. The molecule has 1 aliphatic rings. The first-order valence-electron chi connectivity index (χ1n) is 5.32. The molecule has 0 aromatic carbocycles. The third-order valence-electron chi connectivity index (χ3n) is 1.91. The van der Waals surface area contributed by atoms with Gasteiger partial charge in [-0.3, -0.25) is 4.79 Å². The predicted octanol–water partition coefficient (Wildman–Crippen LogP) is -0.819. The van der Waals surface area contributed by atoms with Gasteiger partial charge in [0.25, 0.3) is 0 Å². The van der Waals surface area contributed by atoms with Crippen molar-refractivity contribution in [3.63, 3.8) is 0 Å². The number of carbonyl (C=O) groups excluding carboxylic acids is 1. The van der Waals surface area contributed by atoms with E-state index in [1.165, 1.54) is 32.8 Å². The molecule has 5 heteroatoms. The van der Waals surface area contributed by atoms with Gasteiger partial charge in [0.2, 0.25) is 0 Å². The molecular weight excluding hydrogens is 418 g/mol. The molecule has 1 aliphatic carbocycles. The van der Waals surface area contributed by atoms with Gasteiger partial charge in [0.15, 0.2) is 0 Å². The molecule has 17 heavy (non-hydrogen) atoms. The Balaban J connectivity index is -0.000000208. The fourth-order valence-corrected chi connectivity index (χ4v) is 1.04. The SMILES string of the molecule is C1=C\CC/C=C\CC/1.COC(=O)[C@H](C)N.[Cl-].[Ir]. The molecule has 0 spiro atoms. The van der Waals surface area contributed by atoms with Crippen LogP contribution in [0.5, 0.6) is 0 Å². The quantitative estimate of drug-likeness (QED) is 0.430. The Hall–Kier alpha value is -0.151. The van der Waals surface area contributed by atoms with E-state index in [-0.39, 0.29) is 38.5 Å². The Bertz CT molecular complexity index is 205. The first-order chi connectivity index (χ1) is 7.18. The van der Waals surface area contributed by atoms with Crippen LogP contribution < -0.4 is 18.1 Å². The van der Waals surface area contributed by atoms with Crippen LogP contribution in [0.15, 0.2) is 24.3 Å². The van der Waals surface area contributed by atoms with Crippen molar-refractivity contribution in [1.29, 1.82) is 0 Å². The van der Waals surface area contributed by atoms with Crippen molar-refractivity contribution in [1.82, 2.24) is 0 Å². The molecule has 0 aromatic heterocycles. The molecule has 0 saturated heterocycles. The Morgan fingerprint density at radius 1 is 1.12 bits per heavy atom. The molecule has 1 rings (SSSR count). The van der Waals surface area contributed by atoms with Crippen molar-refractivity contribution in [2.24, 2.45) is 5.73 Å². The molecule has 0 aromatic rings. The Morgan fingerprint density at radius 2 is 1.41 bits per heavy atom. The normalized spacial score (nSPS) is 18.5. The molecule has 0 unspecified atom stereocenters. The van der Waals surface area contributed by atoms with Crippen molar-refractivity contribution >= 4 is 5.97 Å². The summed E-state index contributed by atoms with van der Waals surface area (Å²) in [6.45, 7) is 1.58. The molecule has 0 saturated carbocycles. The molecule has 1 radical (unpaired) electrons. The number of ether oxygens (including phenoxy) is 1. The summed E-state index contributed by atoms with van der Waals surface area (Å²) in [4.78, 5) is 10.2. The smallest absolute Gasteiger partial charge is 0.322 e. The minimum atomic E-state index is -0.495. The zero-order valence-corrected chi connectivity index (χ0v) is 13.5. The largest absolute Gasteiger partial charge is 1.00 e. The molecule has 0 bridgehead atoms. The Kier molecular flexibility index (Phi) is 20.6. The van der Waals surface area contributed by atoms with E-state index in [1.54, 1.807) is 6.92 Å². The van der Waals surface area contributed by atoms with E-state index in [0.717, 1.165) is 0 Å². The first kappa shape index (κ1) is 22.1. The fraction of sp³-hybridized carbons (Fsp3) is 0.583. The van der Waals surface area contributed by atoms with Crippen LogP contribution in [0.1, 0.15) is 32.6 Å². The Morgan fingerprint density at radius 3 is 1.53 bits per heavy atom. The van der Waals surface area contributed by atoms with Gasteiger partial charge >= 0.3 is 5.97 Å². The second kappa shape index (κ2) is 15.8. The van der Waals surface area contributed by atoms with Crippen LogP contribution in [0.2, 0.25) is 0 Å². The van der Waals surface area contributed by atoms with Crippen LogP contribution in [-0.4, -0.2) is 19.1 Å². The van der Waals surface area contributed by atoms with Gasteiger partial charge < -0.3 is 22.9 Å². The number of hydrogen-bond acceptors (Lipinski definition) is 3. The topological polar surface area (TPSA) is 52.3 Å². The van der Waals surface area contributed by atoms with E-state index in [0.29, 0.717) is 0 Å². The summed E-state index contributed by atoms with van der Waals surface area (Å²) in [5.41, 5.74) is 5.07. The average Bonchev–Trinajstić information content (AvgIpc) is 2.16. The van der Waals surface area contributed by atoms with E-state index < -0.39 is 6.04 Å². The zero-order chi connectivity index (χ0) is 11.5. The molecule has 3 nitrogen and oxygen atoms in total. The standard InChI is InChI=1S/C8H12.C4H9NO2.ClH.Ir/c1-2-4-6-8-7-5-3-1;1-3(5)4(6)7-2;;/h1-2,7-8H,3-6H2;3H,5H2,1-2H3;1H;/p-1/b2-1-,8-7-;;;/t;3-;;/m.0../s1. The maximum atomic E-state index is 10.2. The maximum absolute atomic E-state index is 10.2. The summed E-state index contributed by atoms with van der Waals surface area (Å²) >= 11 is 0. The predicted molar refractivity (Wildman–Crippen MR) is 62.4 cm³/mol. The molecule has 2 N–H and O–H groups in total. The van der Waals surface area contributed by atoms with Crippen LogP contribution in [0.3, 0.4) is 0 Å². The first-order valence-corrected chi connectivity index (χ1v) is 5.32. The Labute approximate surface area is 124 Å². The van der Waals surface area contributed by atoms with Gasteiger partial charge in [0, 0.05) is 20.1 Å². The maximum Gasteiger partial charge on any atom is 0.322 e. The molecule has 0 fully saturated rings. The van der Waals surface area contributed by atoms with E-state index >= 15 is 0 Å². The summed E-state index contributed by atoms with van der Waals surface area (Å²) in [6, 6.07) is -0.495. The van der Waals surface area contributed by atoms with Gasteiger partial charge in [-0.05, 0) is 32.6 Å². The third-order valence-corrected chi connectivity index (χ3v) is 1.91. The number of rotatable bonds is 1. The van der Waals surface area contributed by atoms with Crippen LogP contribution in [0, 0.1) is 0 Å². The minimum absolute atomic E-state index is 0. The fourth-order valence-electron chi connectivity index (χ4n) is 1.04. The number of methoxy groups -OCH3 is 1. The van der Waals surface area contributed by atoms with Crippen molar-refractivity contribution in [2.45, 2.75) is 38.6 Å². The van der Waals surface area contributed by atoms with Crippen LogP contribution in [0.25, 0.3) is 0 Å². The number of halogens is 1. The third kappa shape index (κ3) is 15.8. The van der Waals surface area contributed by atoms with E-state index in [4.69, 9.17) is 5.73 Å². The van der Waals surface area contributed by atoms with Gasteiger partial charge in [-0.15, -0.1) is 0 Å². The second-order valence-electron chi connectivity index (χ2n) is 3.41. The number of carbonyl (C=O) groups is 1. The number of allylic oxidation sites excluding steroid dienone is 4. The molecule has 0 aliphatic heterocycles. The number of esters is 1. The summed E-state index contributed by atoms with van der Waals surface area (Å²) < 4.78 is 4.25. The molecule has 0 heterocycles. The van der Waals surface area contributed by atoms with Gasteiger partial charge in [-0.25, -0.2) is 0 Å². The second-order valence-corrected chi connectivity index (χ2v) is 3.41. The van der Waals surface area contributed by atoms with E-state index in [2.05, 4.69) is 29.0 Å². The molecule has 1 atom stereocenters. The monoisotopic (exact) mass is 439 g/mol. The summed E-state index contributed by atoms with van der Waals surface area (Å²) in [5, 5.41) is 0. The summed E-state index contributed by atoms with van der Waals surface area (Å²) in [5.74, 6) is -0.375. The summed E-state index contributed by atoms with van der Waals surface area (Å²) in [7, 11) is 1.31. The van der Waals surface area contributed by atoms with Gasteiger partial charge in [-0.2, -0.15) is 0 Å². The van der Waals surface area contributed by atoms with Crippen LogP contribution in [0.4, 0.5) is 0 Å². The van der Waals surface area contributed by atoms with Gasteiger partial charge in [0.1, 0.15) is 6.04 Å². The zero-order valence-electron chi connectivity index (χ0n) is 10.3. The number of nitrogens with two attached hydrogens (primary N) is 1. The van der Waals surface area contributed by atoms with Crippen molar-refractivity contribution in [2.75, 3.05) is 7.11 Å². The van der Waals surface area contributed by atoms with Crippen molar-refractivity contribution in [3.8, 4) is 0 Å². The van der Waals surface area contributed by atoms with Crippen LogP contribution in [-0.2, 0) is 29.6 Å². The molecule has 0 amide bonds. The van der Waals surface area contributed by atoms with Crippen molar-refractivity contribution in [3.05, 3.63) is 24.3 Å². The number of hydrogen-bond donors (Lipinski definition) is 1. The van der Waals surface area contributed by atoms with Crippen molar-refractivity contribution < 1.29 is 42.0 Å². The van der Waals surface area contributed by atoms with Gasteiger partial charge in [0.05, 0.1) is 7.11 Å². The van der Waals surface area contributed by atoms with Crippen LogP contribution >= 0.6 is 0 Å². The van der Waals surface area contributed by atoms with Gasteiger partial charge in [-0.1, -0.05) is 24.3 Å². The summed E-state index contributed by atoms with van der Waals surface area (Å²) in [6.07, 6.45) is 14.0. The minimum Gasteiger partial charge on any atom is -1.00 e. The molecule has 103 valence electrons.